The summed E-state index contributed by atoms with van der Waals surface area (Å²) >= 11 is 6.14. The molecule has 1 fully saturated rings. The fraction of sp³-hybridized carbons (Fsp3) is 0.412. The maximum Gasteiger partial charge on any atom is 0.220 e. The number of oxazole rings is 1. The topological polar surface area (TPSA) is 67.2 Å². The van der Waals surface area contributed by atoms with Crippen LogP contribution >= 0.6 is 11.6 Å². The summed E-state index contributed by atoms with van der Waals surface area (Å²) in [6.45, 7) is 1.73. The molecule has 2 aromatic rings. The van der Waals surface area contributed by atoms with Gasteiger partial charge < -0.3 is 15.1 Å². The second-order valence-corrected chi connectivity index (χ2v) is 6.10. The van der Waals surface area contributed by atoms with Crippen LogP contribution in [0.15, 0.2) is 34.9 Å². The number of benzene rings is 1. The molecule has 1 saturated heterocycles. The maximum absolute atomic E-state index is 11.9. The summed E-state index contributed by atoms with van der Waals surface area (Å²) in [5, 5.41) is 6.93. The number of hydrogen-bond donors (Lipinski definition) is 2. The van der Waals surface area contributed by atoms with Gasteiger partial charge in [0, 0.05) is 31.0 Å². The van der Waals surface area contributed by atoms with Crippen LogP contribution in [-0.2, 0) is 11.2 Å². The summed E-state index contributed by atoms with van der Waals surface area (Å²) in [5.74, 6) is 1.20. The van der Waals surface area contributed by atoms with Gasteiger partial charge in [-0.3, -0.25) is 4.79 Å². The van der Waals surface area contributed by atoms with Crippen LogP contribution in [0.1, 0.15) is 25.2 Å². The molecule has 0 spiro atoms. The average molecular weight is 334 g/mol. The Labute approximate surface area is 140 Å². The largest absolute Gasteiger partial charge is 0.441 e. The molecule has 5 nitrogen and oxygen atoms in total. The monoisotopic (exact) mass is 333 g/mol. The third-order valence-electron chi connectivity index (χ3n) is 3.97. The predicted octanol–water partition coefficient (Wildman–Crippen LogP) is 2.80. The molecule has 1 aromatic heterocycles. The summed E-state index contributed by atoms with van der Waals surface area (Å²) in [6.07, 6.45) is 4.81. The molecule has 3 rings (SSSR count). The molecule has 2 N–H and O–H groups in total. The average Bonchev–Trinajstić information content (AvgIpc) is 3.23. The van der Waals surface area contributed by atoms with Crippen molar-refractivity contribution in [3.63, 3.8) is 0 Å². The fourth-order valence-corrected chi connectivity index (χ4v) is 2.92. The van der Waals surface area contributed by atoms with Crippen molar-refractivity contribution in [3.05, 3.63) is 41.4 Å². The molecule has 0 aliphatic carbocycles. The number of aryl methyl sites for hydroxylation is 1. The summed E-state index contributed by atoms with van der Waals surface area (Å²) in [4.78, 5) is 16.1. The highest BCUT2D eigenvalue weighted by Gasteiger charge is 2.15. The van der Waals surface area contributed by atoms with Gasteiger partial charge in [0.25, 0.3) is 0 Å². The van der Waals surface area contributed by atoms with Gasteiger partial charge in [0.05, 0.1) is 11.2 Å². The van der Waals surface area contributed by atoms with Crippen molar-refractivity contribution in [3.8, 4) is 11.3 Å². The number of aromatic nitrogens is 1. The highest BCUT2D eigenvalue weighted by atomic mass is 35.5. The van der Waals surface area contributed by atoms with Crippen LogP contribution in [0.25, 0.3) is 11.3 Å². The molecule has 23 heavy (non-hydrogen) atoms. The smallest absolute Gasteiger partial charge is 0.220 e. The van der Waals surface area contributed by atoms with Gasteiger partial charge in [-0.05, 0) is 31.5 Å². The first-order valence-electron chi connectivity index (χ1n) is 7.92. The van der Waals surface area contributed by atoms with E-state index in [0.29, 0.717) is 42.1 Å². The van der Waals surface area contributed by atoms with Gasteiger partial charge >= 0.3 is 0 Å². The first-order chi connectivity index (χ1) is 11.2. The van der Waals surface area contributed by atoms with E-state index in [-0.39, 0.29) is 5.91 Å². The van der Waals surface area contributed by atoms with Crippen LogP contribution in [0.2, 0.25) is 5.02 Å². The summed E-state index contributed by atoms with van der Waals surface area (Å²) in [7, 11) is 0. The standard InChI is InChI=1S/C17H20ClN3O2/c18-14-6-2-1-5-13(14)15-11-21-17(23-15)8-7-16(22)20-10-12-4-3-9-19-12/h1-2,5-6,11-12,19H,3-4,7-10H2,(H,20,22). The molecule has 0 radical (unpaired) electrons. The zero-order valence-corrected chi connectivity index (χ0v) is 13.6. The quantitative estimate of drug-likeness (QED) is 0.853. The van der Waals surface area contributed by atoms with Crippen LogP contribution in [-0.4, -0.2) is 30.0 Å². The van der Waals surface area contributed by atoms with E-state index < -0.39 is 0 Å². The SMILES string of the molecule is O=C(CCc1ncc(-c2ccccc2Cl)o1)NCC1CCCN1. The molecule has 122 valence electrons. The van der Waals surface area contributed by atoms with Crippen LogP contribution in [0.5, 0.6) is 0 Å². The summed E-state index contributed by atoms with van der Waals surface area (Å²) in [6, 6.07) is 7.87. The molecular weight excluding hydrogens is 314 g/mol. The van der Waals surface area contributed by atoms with Crippen LogP contribution in [0, 0.1) is 0 Å². The molecule has 2 heterocycles. The van der Waals surface area contributed by atoms with Gasteiger partial charge in [-0.1, -0.05) is 23.7 Å². The van der Waals surface area contributed by atoms with Gasteiger partial charge in [0.1, 0.15) is 0 Å². The first-order valence-corrected chi connectivity index (χ1v) is 8.30. The van der Waals surface area contributed by atoms with Gasteiger partial charge in [-0.2, -0.15) is 0 Å². The number of hydrogen-bond acceptors (Lipinski definition) is 4. The molecule has 1 aliphatic heterocycles. The third kappa shape index (κ3) is 4.33. The van der Waals surface area contributed by atoms with E-state index in [1.165, 1.54) is 6.42 Å². The molecule has 1 amide bonds. The summed E-state index contributed by atoms with van der Waals surface area (Å²) < 4.78 is 5.69. The Morgan fingerprint density at radius 2 is 2.30 bits per heavy atom. The Morgan fingerprint density at radius 3 is 3.09 bits per heavy atom. The third-order valence-corrected chi connectivity index (χ3v) is 4.30. The normalized spacial score (nSPS) is 17.3. The summed E-state index contributed by atoms with van der Waals surface area (Å²) in [5.41, 5.74) is 0.810. The van der Waals surface area contributed by atoms with Crippen LogP contribution in [0.4, 0.5) is 0 Å². The minimum Gasteiger partial charge on any atom is -0.441 e. The Bertz CT molecular complexity index is 665. The molecular formula is C17H20ClN3O2. The number of amides is 1. The molecule has 6 heteroatoms. The molecule has 0 bridgehead atoms. The van der Waals surface area contributed by atoms with Gasteiger partial charge in [-0.25, -0.2) is 4.98 Å². The van der Waals surface area contributed by atoms with E-state index in [9.17, 15) is 4.79 Å². The van der Waals surface area contributed by atoms with Gasteiger partial charge in [-0.15, -0.1) is 0 Å². The van der Waals surface area contributed by atoms with Crippen molar-refractivity contribution >= 4 is 17.5 Å². The number of halogens is 1. The van der Waals surface area contributed by atoms with Crippen LogP contribution < -0.4 is 10.6 Å². The lowest BCUT2D eigenvalue weighted by molar-refractivity contribution is -0.121. The Balaban J connectivity index is 1.49. The zero-order chi connectivity index (χ0) is 16.1. The van der Waals surface area contributed by atoms with Crippen molar-refractivity contribution in [2.24, 2.45) is 0 Å². The molecule has 1 aliphatic rings. The van der Waals surface area contributed by atoms with E-state index >= 15 is 0 Å². The number of carbonyl (C=O) groups is 1. The number of carbonyl (C=O) groups excluding carboxylic acids is 1. The highest BCUT2D eigenvalue weighted by Crippen LogP contribution is 2.28. The Hall–Kier alpha value is -1.85. The van der Waals surface area contributed by atoms with Crippen molar-refractivity contribution in [1.29, 1.82) is 0 Å². The van der Waals surface area contributed by atoms with Crippen molar-refractivity contribution in [2.75, 3.05) is 13.1 Å². The second-order valence-electron chi connectivity index (χ2n) is 5.70. The predicted molar refractivity (Wildman–Crippen MR) is 89.3 cm³/mol. The fourth-order valence-electron chi connectivity index (χ4n) is 2.69. The maximum atomic E-state index is 11.9. The van der Waals surface area contributed by atoms with E-state index in [2.05, 4.69) is 15.6 Å². The van der Waals surface area contributed by atoms with Crippen LogP contribution in [0.3, 0.4) is 0 Å². The van der Waals surface area contributed by atoms with Crippen molar-refractivity contribution < 1.29 is 9.21 Å². The van der Waals surface area contributed by atoms with Gasteiger partial charge in [0.15, 0.2) is 11.7 Å². The first kappa shape index (κ1) is 16.0. The Kier molecular flexibility index (Phi) is 5.31. The van der Waals surface area contributed by atoms with E-state index in [4.69, 9.17) is 16.0 Å². The highest BCUT2D eigenvalue weighted by molar-refractivity contribution is 6.33. The minimum atomic E-state index is 0.0243. The van der Waals surface area contributed by atoms with E-state index in [1.807, 2.05) is 24.3 Å². The number of nitrogens with one attached hydrogen (secondary N) is 2. The number of nitrogens with zero attached hydrogens (tertiary/aromatic N) is 1. The molecule has 0 saturated carbocycles. The molecule has 1 unspecified atom stereocenters. The van der Waals surface area contributed by atoms with Crippen molar-refractivity contribution in [1.82, 2.24) is 15.6 Å². The molecule has 1 aromatic carbocycles. The minimum absolute atomic E-state index is 0.0243. The van der Waals surface area contributed by atoms with Crippen molar-refractivity contribution in [2.45, 2.75) is 31.7 Å². The molecule has 1 atom stereocenters. The second kappa shape index (κ2) is 7.62. The van der Waals surface area contributed by atoms with Gasteiger partial charge in [0.2, 0.25) is 5.91 Å². The van der Waals surface area contributed by atoms with E-state index in [1.54, 1.807) is 6.20 Å². The lowest BCUT2D eigenvalue weighted by atomic mass is 10.2. The lowest BCUT2D eigenvalue weighted by Crippen LogP contribution is -2.37. The number of rotatable bonds is 6. The zero-order valence-electron chi connectivity index (χ0n) is 12.8. The lowest BCUT2D eigenvalue weighted by Gasteiger charge is -2.10. The van der Waals surface area contributed by atoms with E-state index in [0.717, 1.165) is 18.5 Å². The Morgan fingerprint density at radius 1 is 1.43 bits per heavy atom.